The van der Waals surface area contributed by atoms with Gasteiger partial charge in [-0.25, -0.2) is 13.1 Å². The van der Waals surface area contributed by atoms with Crippen molar-refractivity contribution in [3.63, 3.8) is 0 Å². The van der Waals surface area contributed by atoms with E-state index in [1.165, 1.54) is 0 Å². The summed E-state index contributed by atoms with van der Waals surface area (Å²) in [5, 5.41) is 3.20. The lowest BCUT2D eigenvalue weighted by molar-refractivity contribution is 0.517. The van der Waals surface area contributed by atoms with E-state index in [4.69, 9.17) is 0 Å². The predicted molar refractivity (Wildman–Crippen MR) is 75.6 cm³/mol. The van der Waals surface area contributed by atoms with E-state index in [1.54, 1.807) is 0 Å². The van der Waals surface area contributed by atoms with Crippen LogP contribution in [0.2, 0.25) is 0 Å². The number of sulfonamides is 1. The first-order valence-corrected chi connectivity index (χ1v) is 9.61. The zero-order chi connectivity index (χ0) is 13.6. The van der Waals surface area contributed by atoms with Crippen molar-refractivity contribution < 1.29 is 12.6 Å². The highest BCUT2D eigenvalue weighted by Gasteiger charge is 2.22. The second-order valence-electron chi connectivity index (χ2n) is 5.02. The Bertz CT molecular complexity index is 358. The van der Waals surface area contributed by atoms with Crippen molar-refractivity contribution in [3.8, 4) is 0 Å². The van der Waals surface area contributed by atoms with Gasteiger partial charge in [0.2, 0.25) is 10.0 Å². The Kier molecular flexibility index (Phi) is 6.76. The second kappa shape index (κ2) is 7.57. The van der Waals surface area contributed by atoms with Crippen molar-refractivity contribution in [1.29, 1.82) is 0 Å². The van der Waals surface area contributed by atoms with Crippen LogP contribution in [0.3, 0.4) is 0 Å². The van der Waals surface area contributed by atoms with Gasteiger partial charge in [0.25, 0.3) is 0 Å². The molecule has 0 saturated carbocycles. The van der Waals surface area contributed by atoms with E-state index in [0.717, 1.165) is 0 Å². The molecular formula is C11H24N2O3S2. The van der Waals surface area contributed by atoms with Crippen LogP contribution in [0, 0.1) is 0 Å². The van der Waals surface area contributed by atoms with E-state index in [9.17, 15) is 12.6 Å². The maximum absolute atomic E-state index is 11.8. The van der Waals surface area contributed by atoms with Gasteiger partial charge < -0.3 is 5.32 Å². The Labute approximate surface area is 113 Å². The molecule has 1 aliphatic heterocycles. The Hall–Kier alpha value is 0.0200. The molecule has 7 heteroatoms. The van der Waals surface area contributed by atoms with Crippen LogP contribution in [-0.4, -0.2) is 48.5 Å². The molecule has 1 heterocycles. The van der Waals surface area contributed by atoms with Gasteiger partial charge in [0, 0.05) is 34.4 Å². The number of nitrogens with one attached hydrogen (secondary N) is 2. The molecule has 0 unspecified atom stereocenters. The molecule has 0 amide bonds. The minimum Gasteiger partial charge on any atom is -0.314 e. The molecule has 0 spiro atoms. The van der Waals surface area contributed by atoms with Gasteiger partial charge in [-0.1, -0.05) is 13.8 Å². The topological polar surface area (TPSA) is 75.3 Å². The fourth-order valence-electron chi connectivity index (χ4n) is 1.88. The molecule has 18 heavy (non-hydrogen) atoms. The van der Waals surface area contributed by atoms with Gasteiger partial charge in [-0.2, -0.15) is 0 Å². The molecule has 0 atom stereocenters. The molecule has 0 radical (unpaired) electrons. The molecule has 0 bridgehead atoms. The number of hydrogen-bond donors (Lipinski definition) is 2. The average Bonchev–Trinajstić information content (AvgIpc) is 2.27. The van der Waals surface area contributed by atoms with Gasteiger partial charge >= 0.3 is 0 Å². The Morgan fingerprint density at radius 2 is 1.89 bits per heavy atom. The van der Waals surface area contributed by atoms with Crippen molar-refractivity contribution in [2.24, 2.45) is 0 Å². The monoisotopic (exact) mass is 296 g/mol. The molecule has 2 N–H and O–H groups in total. The zero-order valence-electron chi connectivity index (χ0n) is 11.1. The first-order valence-electron chi connectivity index (χ1n) is 6.47. The lowest BCUT2D eigenvalue weighted by Gasteiger charge is -2.22. The molecule has 1 saturated heterocycles. The highest BCUT2D eigenvalue weighted by Crippen LogP contribution is 2.10. The average molecular weight is 296 g/mol. The van der Waals surface area contributed by atoms with E-state index < -0.39 is 20.8 Å². The number of hydrogen-bond acceptors (Lipinski definition) is 4. The third kappa shape index (κ3) is 6.82. The Morgan fingerprint density at radius 1 is 1.28 bits per heavy atom. The van der Waals surface area contributed by atoms with E-state index in [2.05, 4.69) is 10.0 Å². The standard InChI is InChI=1S/C11H24N2O3S2/c1-10(2)12-6-3-9-18(15,16)13-11-4-7-17(14)8-5-11/h10-13H,3-9H2,1-2H3. The minimum atomic E-state index is -3.19. The van der Waals surface area contributed by atoms with Crippen LogP contribution in [0.1, 0.15) is 33.1 Å². The summed E-state index contributed by atoms with van der Waals surface area (Å²) in [5.74, 6) is 1.39. The van der Waals surface area contributed by atoms with E-state index >= 15 is 0 Å². The first-order chi connectivity index (χ1) is 8.39. The molecule has 5 nitrogen and oxygen atoms in total. The molecule has 0 aromatic heterocycles. The molecule has 0 aromatic carbocycles. The van der Waals surface area contributed by atoms with E-state index in [1.807, 2.05) is 13.8 Å². The smallest absolute Gasteiger partial charge is 0.211 e. The minimum absolute atomic E-state index is 0.0224. The molecule has 0 aliphatic carbocycles. The summed E-state index contributed by atoms with van der Waals surface area (Å²) >= 11 is 0. The molecule has 1 rings (SSSR count). The van der Waals surface area contributed by atoms with Crippen molar-refractivity contribution >= 4 is 20.8 Å². The SMILES string of the molecule is CC(C)NCCCS(=O)(=O)NC1CCS(=O)CC1. The Balaban J connectivity index is 2.24. The number of rotatable bonds is 7. The molecule has 108 valence electrons. The normalized spacial score (nSPS) is 25.5. The van der Waals surface area contributed by atoms with Crippen LogP contribution in [0.5, 0.6) is 0 Å². The zero-order valence-corrected chi connectivity index (χ0v) is 12.8. The summed E-state index contributed by atoms with van der Waals surface area (Å²) in [6, 6.07) is 0.361. The summed E-state index contributed by atoms with van der Waals surface area (Å²) in [4.78, 5) is 0. The molecule has 0 aromatic rings. The van der Waals surface area contributed by atoms with Gasteiger partial charge in [-0.3, -0.25) is 4.21 Å². The van der Waals surface area contributed by atoms with Crippen molar-refractivity contribution in [2.75, 3.05) is 23.8 Å². The van der Waals surface area contributed by atoms with E-state index in [0.29, 0.717) is 43.4 Å². The first kappa shape index (κ1) is 16.1. The van der Waals surface area contributed by atoms with Crippen LogP contribution in [-0.2, 0) is 20.8 Å². The predicted octanol–water partition coefficient (Wildman–Crippen LogP) is 0.205. The van der Waals surface area contributed by atoms with Crippen molar-refractivity contribution in [3.05, 3.63) is 0 Å². The van der Waals surface area contributed by atoms with Gasteiger partial charge in [-0.05, 0) is 25.8 Å². The summed E-state index contributed by atoms with van der Waals surface area (Å²) in [6.07, 6.45) is 2.00. The lowest BCUT2D eigenvalue weighted by Crippen LogP contribution is -2.41. The molecule has 1 aliphatic rings. The summed E-state index contributed by atoms with van der Waals surface area (Å²) < 4.78 is 37.5. The van der Waals surface area contributed by atoms with Crippen molar-refractivity contribution in [1.82, 2.24) is 10.0 Å². The van der Waals surface area contributed by atoms with Gasteiger partial charge in [0.15, 0.2) is 0 Å². The molecular weight excluding hydrogens is 272 g/mol. The molecule has 1 fully saturated rings. The van der Waals surface area contributed by atoms with Gasteiger partial charge in [0.1, 0.15) is 0 Å². The fourth-order valence-corrected chi connectivity index (χ4v) is 4.56. The fraction of sp³-hybridized carbons (Fsp3) is 1.00. The summed E-state index contributed by atoms with van der Waals surface area (Å²) in [5.41, 5.74) is 0. The van der Waals surface area contributed by atoms with Crippen LogP contribution < -0.4 is 10.0 Å². The highest BCUT2D eigenvalue weighted by atomic mass is 32.2. The van der Waals surface area contributed by atoms with Crippen LogP contribution in [0.4, 0.5) is 0 Å². The van der Waals surface area contributed by atoms with Gasteiger partial charge in [0.05, 0.1) is 5.75 Å². The quantitative estimate of drug-likeness (QED) is 0.658. The van der Waals surface area contributed by atoms with Crippen LogP contribution in [0.15, 0.2) is 0 Å². The summed E-state index contributed by atoms with van der Waals surface area (Å²) in [6.45, 7) is 4.79. The largest absolute Gasteiger partial charge is 0.314 e. The maximum atomic E-state index is 11.8. The maximum Gasteiger partial charge on any atom is 0.211 e. The summed E-state index contributed by atoms with van der Waals surface area (Å²) in [7, 11) is -3.93. The van der Waals surface area contributed by atoms with Crippen LogP contribution >= 0.6 is 0 Å². The van der Waals surface area contributed by atoms with Gasteiger partial charge in [-0.15, -0.1) is 0 Å². The Morgan fingerprint density at radius 3 is 2.44 bits per heavy atom. The second-order valence-corrected chi connectivity index (χ2v) is 8.59. The lowest BCUT2D eigenvalue weighted by atomic mass is 10.2. The third-order valence-electron chi connectivity index (χ3n) is 2.88. The van der Waals surface area contributed by atoms with Crippen molar-refractivity contribution in [2.45, 2.75) is 45.2 Å². The van der Waals surface area contributed by atoms with E-state index in [-0.39, 0.29) is 11.8 Å². The third-order valence-corrected chi connectivity index (χ3v) is 5.78. The highest BCUT2D eigenvalue weighted by molar-refractivity contribution is 7.89. The van der Waals surface area contributed by atoms with Crippen LogP contribution in [0.25, 0.3) is 0 Å².